The average molecular weight is 262 g/mol. The quantitative estimate of drug-likeness (QED) is 0.820. The van der Waals surface area contributed by atoms with Crippen LogP contribution < -0.4 is 15.8 Å². The maximum atomic E-state index is 12.2. The summed E-state index contributed by atoms with van der Waals surface area (Å²) >= 11 is 0. The molecule has 0 atom stereocenters. The molecule has 0 bridgehead atoms. The molecule has 1 saturated carbocycles. The Balaban J connectivity index is 1.99. The van der Waals surface area contributed by atoms with Crippen molar-refractivity contribution in [1.82, 2.24) is 5.32 Å². The summed E-state index contributed by atoms with van der Waals surface area (Å²) in [5.74, 6) is 0.996. The fourth-order valence-corrected chi connectivity index (χ4v) is 2.68. The molecule has 2 rings (SSSR count). The van der Waals surface area contributed by atoms with E-state index in [0.717, 1.165) is 6.54 Å². The summed E-state index contributed by atoms with van der Waals surface area (Å²) in [6, 6.07) is 5.26. The molecule has 0 radical (unpaired) electrons. The number of carbonyl (C=O) groups is 1. The number of carbonyl (C=O) groups excluding carboxylic acids is 1. The molecule has 1 aliphatic rings. The van der Waals surface area contributed by atoms with Gasteiger partial charge in [0.15, 0.2) is 0 Å². The first-order valence-corrected chi connectivity index (χ1v) is 6.93. The zero-order valence-electron chi connectivity index (χ0n) is 11.4. The Bertz CT molecular complexity index is 440. The predicted molar refractivity (Wildman–Crippen MR) is 76.3 cm³/mol. The van der Waals surface area contributed by atoms with Gasteiger partial charge >= 0.3 is 0 Å². The maximum Gasteiger partial charge on any atom is 0.257 e. The van der Waals surface area contributed by atoms with Crippen LogP contribution in [0.5, 0.6) is 5.75 Å². The van der Waals surface area contributed by atoms with Crippen LogP contribution in [0.1, 0.15) is 42.5 Å². The smallest absolute Gasteiger partial charge is 0.257 e. The van der Waals surface area contributed by atoms with E-state index in [-0.39, 0.29) is 5.91 Å². The zero-order valence-corrected chi connectivity index (χ0v) is 11.4. The molecule has 1 fully saturated rings. The van der Waals surface area contributed by atoms with Crippen LogP contribution >= 0.6 is 0 Å². The van der Waals surface area contributed by atoms with Crippen molar-refractivity contribution in [3.8, 4) is 5.75 Å². The molecule has 4 nitrogen and oxygen atoms in total. The summed E-state index contributed by atoms with van der Waals surface area (Å²) in [6.07, 6.45) is 6.29. The molecule has 0 aromatic heterocycles. The van der Waals surface area contributed by atoms with Crippen molar-refractivity contribution in [2.45, 2.75) is 32.1 Å². The number of benzene rings is 1. The number of hydrogen-bond donors (Lipinski definition) is 2. The Hall–Kier alpha value is -1.71. The molecule has 0 aliphatic heterocycles. The molecular formula is C15H22N2O2. The molecular weight excluding hydrogens is 240 g/mol. The van der Waals surface area contributed by atoms with E-state index in [4.69, 9.17) is 10.5 Å². The number of nitrogens with one attached hydrogen (secondary N) is 1. The van der Waals surface area contributed by atoms with E-state index in [1.165, 1.54) is 32.1 Å². The third-order valence-electron chi connectivity index (χ3n) is 3.78. The molecule has 19 heavy (non-hydrogen) atoms. The lowest BCUT2D eigenvalue weighted by molar-refractivity contribution is 0.0941. The third-order valence-corrected chi connectivity index (χ3v) is 3.78. The first kappa shape index (κ1) is 13.7. The number of methoxy groups -OCH3 is 1. The fraction of sp³-hybridized carbons (Fsp3) is 0.533. The van der Waals surface area contributed by atoms with Gasteiger partial charge in [0.05, 0.1) is 7.11 Å². The van der Waals surface area contributed by atoms with Crippen LogP contribution in [0.15, 0.2) is 18.2 Å². The molecule has 0 spiro atoms. The molecule has 1 aromatic carbocycles. The van der Waals surface area contributed by atoms with Crippen molar-refractivity contribution in [2.75, 3.05) is 19.4 Å². The highest BCUT2D eigenvalue weighted by atomic mass is 16.5. The van der Waals surface area contributed by atoms with Gasteiger partial charge in [-0.3, -0.25) is 4.79 Å². The average Bonchev–Trinajstić information content (AvgIpc) is 2.45. The van der Waals surface area contributed by atoms with Crippen LogP contribution in [0, 0.1) is 5.92 Å². The summed E-state index contributed by atoms with van der Waals surface area (Å²) in [5.41, 5.74) is 6.77. The van der Waals surface area contributed by atoms with Crippen LogP contribution in [0.25, 0.3) is 0 Å². The predicted octanol–water partition coefficient (Wildman–Crippen LogP) is 2.59. The van der Waals surface area contributed by atoms with Crippen molar-refractivity contribution in [3.05, 3.63) is 23.8 Å². The van der Waals surface area contributed by atoms with Crippen LogP contribution in [-0.2, 0) is 0 Å². The summed E-state index contributed by atoms with van der Waals surface area (Å²) in [7, 11) is 1.55. The standard InChI is InChI=1S/C15H22N2O2/c1-19-13-9-5-8-12(16)14(13)15(18)17-10-11-6-3-2-4-7-11/h5,8-9,11H,2-4,6-7,10,16H2,1H3,(H,17,18). The monoisotopic (exact) mass is 262 g/mol. The lowest BCUT2D eigenvalue weighted by atomic mass is 9.89. The second-order valence-corrected chi connectivity index (χ2v) is 5.14. The Morgan fingerprint density at radius 1 is 1.37 bits per heavy atom. The molecule has 1 aliphatic carbocycles. The van der Waals surface area contributed by atoms with Gasteiger partial charge in [-0.25, -0.2) is 0 Å². The second kappa shape index (κ2) is 6.45. The summed E-state index contributed by atoms with van der Waals surface area (Å²) in [4.78, 5) is 12.2. The highest BCUT2D eigenvalue weighted by Gasteiger charge is 2.18. The van der Waals surface area contributed by atoms with Gasteiger partial charge in [0.2, 0.25) is 0 Å². The molecule has 0 unspecified atom stereocenters. The van der Waals surface area contributed by atoms with Gasteiger partial charge in [0.25, 0.3) is 5.91 Å². The molecule has 3 N–H and O–H groups in total. The number of hydrogen-bond acceptors (Lipinski definition) is 3. The van der Waals surface area contributed by atoms with Crippen molar-refractivity contribution in [1.29, 1.82) is 0 Å². The fourth-order valence-electron chi connectivity index (χ4n) is 2.68. The van der Waals surface area contributed by atoms with Crippen LogP contribution in [0.2, 0.25) is 0 Å². The second-order valence-electron chi connectivity index (χ2n) is 5.14. The summed E-state index contributed by atoms with van der Waals surface area (Å²) in [6.45, 7) is 0.732. The van der Waals surface area contributed by atoms with E-state index in [9.17, 15) is 4.79 Å². The van der Waals surface area contributed by atoms with Crippen LogP contribution in [0.3, 0.4) is 0 Å². The Morgan fingerprint density at radius 2 is 2.11 bits per heavy atom. The molecule has 104 valence electrons. The lowest BCUT2D eigenvalue weighted by Gasteiger charge is -2.22. The number of rotatable bonds is 4. The van der Waals surface area contributed by atoms with E-state index in [1.54, 1.807) is 25.3 Å². The van der Waals surface area contributed by atoms with E-state index in [2.05, 4.69) is 5.32 Å². The third kappa shape index (κ3) is 3.40. The number of nitrogen functional groups attached to an aromatic ring is 1. The van der Waals surface area contributed by atoms with Crippen LogP contribution in [-0.4, -0.2) is 19.6 Å². The maximum absolute atomic E-state index is 12.2. The van der Waals surface area contributed by atoms with Crippen molar-refractivity contribution < 1.29 is 9.53 Å². The van der Waals surface area contributed by atoms with Crippen molar-refractivity contribution in [2.24, 2.45) is 5.92 Å². The normalized spacial score (nSPS) is 16.1. The van der Waals surface area contributed by atoms with Gasteiger partial charge in [-0.1, -0.05) is 25.3 Å². The SMILES string of the molecule is COc1cccc(N)c1C(=O)NCC1CCCCC1. The summed E-state index contributed by atoms with van der Waals surface area (Å²) in [5, 5.41) is 2.99. The highest BCUT2D eigenvalue weighted by molar-refractivity contribution is 6.01. The van der Waals surface area contributed by atoms with E-state index in [1.807, 2.05) is 0 Å². The first-order chi connectivity index (χ1) is 9.22. The Morgan fingerprint density at radius 3 is 2.79 bits per heavy atom. The van der Waals surface area contributed by atoms with E-state index < -0.39 is 0 Å². The topological polar surface area (TPSA) is 64.3 Å². The number of amides is 1. The van der Waals surface area contributed by atoms with Gasteiger partial charge in [0, 0.05) is 12.2 Å². The minimum Gasteiger partial charge on any atom is -0.496 e. The first-order valence-electron chi connectivity index (χ1n) is 6.93. The van der Waals surface area contributed by atoms with E-state index >= 15 is 0 Å². The highest BCUT2D eigenvalue weighted by Crippen LogP contribution is 2.25. The summed E-state index contributed by atoms with van der Waals surface area (Å²) < 4.78 is 5.20. The van der Waals surface area contributed by atoms with Crippen molar-refractivity contribution in [3.63, 3.8) is 0 Å². The number of anilines is 1. The minimum atomic E-state index is -0.138. The minimum absolute atomic E-state index is 0.138. The molecule has 4 heteroatoms. The lowest BCUT2D eigenvalue weighted by Crippen LogP contribution is -2.31. The number of ether oxygens (including phenoxy) is 1. The van der Waals surface area contributed by atoms with Crippen LogP contribution in [0.4, 0.5) is 5.69 Å². The molecule has 1 amide bonds. The molecule has 1 aromatic rings. The Kier molecular flexibility index (Phi) is 4.66. The van der Waals surface area contributed by atoms with Gasteiger partial charge in [-0.15, -0.1) is 0 Å². The largest absolute Gasteiger partial charge is 0.496 e. The van der Waals surface area contributed by atoms with E-state index in [0.29, 0.717) is 22.9 Å². The number of nitrogens with two attached hydrogens (primary N) is 1. The van der Waals surface area contributed by atoms with Gasteiger partial charge in [0.1, 0.15) is 11.3 Å². The van der Waals surface area contributed by atoms with Gasteiger partial charge in [-0.2, -0.15) is 0 Å². The van der Waals surface area contributed by atoms with Crippen molar-refractivity contribution >= 4 is 11.6 Å². The molecule has 0 saturated heterocycles. The zero-order chi connectivity index (χ0) is 13.7. The van der Waals surface area contributed by atoms with Gasteiger partial charge in [-0.05, 0) is 30.9 Å². The molecule has 0 heterocycles. The Labute approximate surface area is 114 Å². The van der Waals surface area contributed by atoms with Gasteiger partial charge < -0.3 is 15.8 Å².